The molecule has 3 aromatic rings. The summed E-state index contributed by atoms with van der Waals surface area (Å²) in [7, 11) is 0. The summed E-state index contributed by atoms with van der Waals surface area (Å²) >= 11 is 1.35. The van der Waals surface area contributed by atoms with E-state index in [2.05, 4.69) is 4.99 Å². The van der Waals surface area contributed by atoms with E-state index in [1.807, 2.05) is 23.1 Å². The summed E-state index contributed by atoms with van der Waals surface area (Å²) in [4.78, 5) is 31.4. The van der Waals surface area contributed by atoms with Gasteiger partial charge in [0.15, 0.2) is 10.6 Å². The first-order valence-corrected chi connectivity index (χ1v) is 8.59. The number of ketones is 1. The molecule has 2 aromatic heterocycles. The second-order valence-electron chi connectivity index (χ2n) is 5.73. The molecule has 0 atom stereocenters. The Balaban J connectivity index is 1.71. The molecule has 1 aromatic carbocycles. The van der Waals surface area contributed by atoms with E-state index in [0.29, 0.717) is 34.0 Å². The number of thiazole rings is 1. The lowest BCUT2D eigenvalue weighted by molar-refractivity contribution is 0.101. The summed E-state index contributed by atoms with van der Waals surface area (Å²) in [5.74, 6) is 0.654. The summed E-state index contributed by atoms with van der Waals surface area (Å²) in [6.45, 7) is 2.39. The van der Waals surface area contributed by atoms with E-state index in [4.69, 9.17) is 4.42 Å². The number of hydrogen-bond donors (Lipinski definition) is 0. The van der Waals surface area contributed by atoms with Gasteiger partial charge in [-0.05, 0) is 31.2 Å². The standard InChI is InChI=1S/C18H15N3O3S/c1-12(22)13-4-2-5-14(8-13)20-10-19-18-21(11-20)17(23)16(25-18)9-15-6-3-7-24-15/h2-9H,10-11H2,1H3/b16-9-. The highest BCUT2D eigenvalue weighted by molar-refractivity contribution is 7.07. The van der Waals surface area contributed by atoms with E-state index in [0.717, 1.165) is 5.69 Å². The molecule has 0 unspecified atom stereocenters. The quantitative estimate of drug-likeness (QED) is 0.671. The molecule has 0 aliphatic carbocycles. The Bertz CT molecular complexity index is 1110. The molecule has 6 nitrogen and oxygen atoms in total. The third-order valence-corrected chi connectivity index (χ3v) is 5.06. The zero-order valence-electron chi connectivity index (χ0n) is 13.5. The van der Waals surface area contributed by atoms with Crippen LogP contribution in [0.25, 0.3) is 6.08 Å². The van der Waals surface area contributed by atoms with Crippen molar-refractivity contribution in [1.29, 1.82) is 0 Å². The number of fused-ring (bicyclic) bond motifs is 1. The Morgan fingerprint density at radius 2 is 2.20 bits per heavy atom. The molecule has 0 radical (unpaired) electrons. The maximum atomic E-state index is 12.7. The van der Waals surface area contributed by atoms with Crippen molar-refractivity contribution in [2.45, 2.75) is 13.6 Å². The van der Waals surface area contributed by atoms with Crippen LogP contribution in [0.2, 0.25) is 0 Å². The van der Waals surface area contributed by atoms with Crippen molar-refractivity contribution in [3.05, 3.63) is 73.7 Å². The Hall–Kier alpha value is -2.93. The van der Waals surface area contributed by atoms with E-state index >= 15 is 0 Å². The number of carbonyl (C=O) groups excluding carboxylic acids is 1. The molecule has 0 N–H and O–H groups in total. The first-order chi connectivity index (χ1) is 12.1. The Morgan fingerprint density at radius 1 is 1.32 bits per heavy atom. The smallest absolute Gasteiger partial charge is 0.271 e. The van der Waals surface area contributed by atoms with E-state index in [9.17, 15) is 9.59 Å². The van der Waals surface area contributed by atoms with Crippen molar-refractivity contribution in [2.75, 3.05) is 11.6 Å². The topological polar surface area (TPSA) is 67.8 Å². The predicted molar refractivity (Wildman–Crippen MR) is 95.4 cm³/mol. The van der Waals surface area contributed by atoms with Gasteiger partial charge >= 0.3 is 0 Å². The van der Waals surface area contributed by atoms with Crippen LogP contribution in [-0.4, -0.2) is 17.0 Å². The molecule has 0 bridgehead atoms. The van der Waals surface area contributed by atoms with Crippen LogP contribution >= 0.6 is 11.3 Å². The number of Topliss-reactive ketones (excluding diaryl/α,β-unsaturated/α-hetero) is 1. The molecule has 0 fully saturated rings. The number of benzene rings is 1. The van der Waals surface area contributed by atoms with Gasteiger partial charge in [-0.2, -0.15) is 0 Å². The molecule has 1 aliphatic heterocycles. The van der Waals surface area contributed by atoms with Crippen molar-refractivity contribution in [2.24, 2.45) is 4.99 Å². The first-order valence-electron chi connectivity index (χ1n) is 7.77. The number of furan rings is 1. The third kappa shape index (κ3) is 2.94. The second-order valence-corrected chi connectivity index (χ2v) is 6.74. The van der Waals surface area contributed by atoms with E-state index in [1.54, 1.807) is 35.1 Å². The van der Waals surface area contributed by atoms with Gasteiger partial charge in [0, 0.05) is 17.3 Å². The summed E-state index contributed by atoms with van der Waals surface area (Å²) in [5, 5.41) is 0. The minimum absolute atomic E-state index is 0.0134. The highest BCUT2D eigenvalue weighted by Crippen LogP contribution is 2.18. The normalized spacial score (nSPS) is 14.3. The molecule has 4 rings (SSSR count). The van der Waals surface area contributed by atoms with Crippen LogP contribution in [0, 0.1) is 0 Å². The fourth-order valence-corrected chi connectivity index (χ4v) is 3.64. The minimum Gasteiger partial charge on any atom is -0.465 e. The zero-order valence-corrected chi connectivity index (χ0v) is 14.3. The number of aromatic nitrogens is 1. The van der Waals surface area contributed by atoms with Crippen LogP contribution in [0.1, 0.15) is 23.0 Å². The van der Waals surface area contributed by atoms with Crippen molar-refractivity contribution in [3.8, 4) is 0 Å². The second kappa shape index (κ2) is 6.18. The minimum atomic E-state index is -0.0902. The van der Waals surface area contributed by atoms with Gasteiger partial charge < -0.3 is 9.32 Å². The third-order valence-electron chi connectivity index (χ3n) is 4.01. The van der Waals surface area contributed by atoms with Crippen LogP contribution in [0.3, 0.4) is 0 Å². The van der Waals surface area contributed by atoms with Crippen LogP contribution in [0.5, 0.6) is 0 Å². The lowest BCUT2D eigenvalue weighted by atomic mass is 10.1. The highest BCUT2D eigenvalue weighted by atomic mass is 32.1. The molecular formula is C18H15N3O3S. The number of anilines is 1. The van der Waals surface area contributed by atoms with Crippen LogP contribution in [0.15, 0.2) is 56.9 Å². The Labute approximate surface area is 147 Å². The lowest BCUT2D eigenvalue weighted by Crippen LogP contribution is -2.42. The van der Waals surface area contributed by atoms with Crippen molar-refractivity contribution >= 4 is 28.9 Å². The van der Waals surface area contributed by atoms with Crippen LogP contribution < -0.4 is 19.8 Å². The summed E-state index contributed by atoms with van der Waals surface area (Å²) in [5.41, 5.74) is 1.43. The maximum absolute atomic E-state index is 12.7. The number of rotatable bonds is 3. The van der Waals surface area contributed by atoms with Gasteiger partial charge in [-0.3, -0.25) is 14.2 Å². The Morgan fingerprint density at radius 3 is 2.96 bits per heavy atom. The molecule has 126 valence electrons. The fraction of sp³-hybridized carbons (Fsp3) is 0.167. The summed E-state index contributed by atoms with van der Waals surface area (Å²) in [6, 6.07) is 11.0. The van der Waals surface area contributed by atoms with Crippen LogP contribution in [0.4, 0.5) is 5.69 Å². The molecule has 1 aliphatic rings. The molecular weight excluding hydrogens is 338 g/mol. The fourth-order valence-electron chi connectivity index (χ4n) is 2.70. The molecule has 7 heteroatoms. The lowest BCUT2D eigenvalue weighted by Gasteiger charge is -2.25. The molecule has 25 heavy (non-hydrogen) atoms. The average molecular weight is 353 g/mol. The first kappa shape index (κ1) is 15.6. The maximum Gasteiger partial charge on any atom is 0.271 e. The molecule has 0 amide bonds. The summed E-state index contributed by atoms with van der Waals surface area (Å²) in [6.07, 6.45) is 3.31. The largest absolute Gasteiger partial charge is 0.465 e. The van der Waals surface area contributed by atoms with E-state index < -0.39 is 0 Å². The molecule has 3 heterocycles. The summed E-state index contributed by atoms with van der Waals surface area (Å²) < 4.78 is 7.51. The van der Waals surface area contributed by atoms with Gasteiger partial charge in [0.05, 0.1) is 10.8 Å². The molecule has 0 saturated carbocycles. The highest BCUT2D eigenvalue weighted by Gasteiger charge is 2.16. The van der Waals surface area contributed by atoms with Gasteiger partial charge in [0.2, 0.25) is 0 Å². The molecule has 0 spiro atoms. The number of nitrogens with zero attached hydrogens (tertiary/aromatic N) is 3. The average Bonchev–Trinajstić information content (AvgIpc) is 3.24. The van der Waals surface area contributed by atoms with Gasteiger partial charge in [0.25, 0.3) is 5.56 Å². The van der Waals surface area contributed by atoms with Crippen molar-refractivity contribution in [1.82, 2.24) is 4.57 Å². The Kier molecular flexibility index (Phi) is 3.85. The molecule has 0 saturated heterocycles. The van der Waals surface area contributed by atoms with Gasteiger partial charge in [-0.25, -0.2) is 4.99 Å². The number of carbonyl (C=O) groups is 1. The van der Waals surface area contributed by atoms with Crippen molar-refractivity contribution < 1.29 is 9.21 Å². The van der Waals surface area contributed by atoms with E-state index in [1.165, 1.54) is 18.3 Å². The van der Waals surface area contributed by atoms with E-state index in [-0.39, 0.29) is 11.3 Å². The van der Waals surface area contributed by atoms with Crippen molar-refractivity contribution in [3.63, 3.8) is 0 Å². The van der Waals surface area contributed by atoms with Gasteiger partial charge in [-0.15, -0.1) is 0 Å². The SMILES string of the molecule is CC(=O)c1cccc(N2CN=c3s/c(=C\c4ccco4)c(=O)n3C2)c1. The number of hydrogen-bond acceptors (Lipinski definition) is 6. The van der Waals surface area contributed by atoms with Crippen LogP contribution in [-0.2, 0) is 6.67 Å². The van der Waals surface area contributed by atoms with Gasteiger partial charge in [-0.1, -0.05) is 23.5 Å². The van der Waals surface area contributed by atoms with Gasteiger partial charge in [0.1, 0.15) is 19.1 Å². The predicted octanol–water partition coefficient (Wildman–Crippen LogP) is 1.59. The zero-order chi connectivity index (χ0) is 17.4. The monoisotopic (exact) mass is 353 g/mol.